The minimum absolute atomic E-state index is 0.184. The molecule has 0 radical (unpaired) electrons. The van der Waals surface area contributed by atoms with Gasteiger partial charge in [-0.1, -0.05) is 22.9 Å². The van der Waals surface area contributed by atoms with Crippen molar-refractivity contribution in [3.63, 3.8) is 0 Å². The fourth-order valence-corrected chi connectivity index (χ4v) is 3.94. The Labute approximate surface area is 177 Å². The van der Waals surface area contributed by atoms with Gasteiger partial charge >= 0.3 is 0 Å². The van der Waals surface area contributed by atoms with E-state index >= 15 is 0 Å². The molecule has 1 aliphatic rings. The Hall–Kier alpha value is -2.65. The topological polar surface area (TPSA) is 103 Å². The van der Waals surface area contributed by atoms with E-state index in [0.29, 0.717) is 17.3 Å². The molecule has 1 fully saturated rings. The van der Waals surface area contributed by atoms with Crippen LogP contribution >= 0.6 is 15.9 Å². The van der Waals surface area contributed by atoms with Crippen LogP contribution in [0.1, 0.15) is 19.8 Å². The van der Waals surface area contributed by atoms with Crippen molar-refractivity contribution in [1.29, 1.82) is 0 Å². The zero-order valence-electron chi connectivity index (χ0n) is 16.1. The van der Waals surface area contributed by atoms with Gasteiger partial charge in [0.2, 0.25) is 5.95 Å². The van der Waals surface area contributed by atoms with Crippen LogP contribution < -0.4 is 5.32 Å². The van der Waals surface area contributed by atoms with Crippen molar-refractivity contribution in [1.82, 2.24) is 19.5 Å². The molecule has 3 heterocycles. The number of piperidine rings is 1. The van der Waals surface area contributed by atoms with Gasteiger partial charge in [-0.25, -0.2) is 0 Å². The molecule has 0 saturated carbocycles. The van der Waals surface area contributed by atoms with Gasteiger partial charge in [0, 0.05) is 28.8 Å². The van der Waals surface area contributed by atoms with Gasteiger partial charge in [0.25, 0.3) is 6.47 Å². The summed E-state index contributed by atoms with van der Waals surface area (Å²) in [6, 6.07) is 9.76. The van der Waals surface area contributed by atoms with Crippen LogP contribution in [0.4, 0.5) is 5.95 Å². The number of aromatic nitrogens is 3. The predicted octanol–water partition coefficient (Wildman–Crippen LogP) is 3.46. The molecule has 9 heteroatoms. The Balaban J connectivity index is 0.000000755. The number of phenolic OH excluding ortho intramolecular Hbond substituents is 1. The molecule has 4 rings (SSSR count). The Morgan fingerprint density at radius 3 is 2.86 bits per heavy atom. The van der Waals surface area contributed by atoms with Gasteiger partial charge in [-0.05, 0) is 56.3 Å². The van der Waals surface area contributed by atoms with E-state index in [4.69, 9.17) is 9.90 Å². The number of aromatic hydroxyl groups is 1. The maximum atomic E-state index is 10.3. The van der Waals surface area contributed by atoms with Crippen molar-refractivity contribution in [2.45, 2.75) is 25.8 Å². The molecule has 1 saturated heterocycles. The normalized spacial score (nSPS) is 16.8. The molecule has 0 amide bonds. The minimum atomic E-state index is -0.250. The van der Waals surface area contributed by atoms with Gasteiger partial charge in [-0.2, -0.15) is 0 Å². The Bertz CT molecular complexity index is 978. The summed E-state index contributed by atoms with van der Waals surface area (Å²) in [4.78, 5) is 10.8. The molecule has 0 unspecified atom stereocenters. The number of nitrogens with one attached hydrogen (secondary N) is 1. The highest BCUT2D eigenvalue weighted by atomic mass is 79.9. The molecule has 3 N–H and O–H groups in total. The first-order valence-corrected chi connectivity index (χ1v) is 10.3. The smallest absolute Gasteiger partial charge is 0.290 e. The van der Waals surface area contributed by atoms with Crippen LogP contribution in [-0.4, -0.2) is 61.9 Å². The molecule has 1 aliphatic heterocycles. The number of fused-ring (bicyclic) bond motifs is 1. The highest BCUT2D eigenvalue weighted by Crippen LogP contribution is 2.33. The summed E-state index contributed by atoms with van der Waals surface area (Å²) in [5, 5.41) is 29.6. The Kier molecular flexibility index (Phi) is 7.05. The van der Waals surface area contributed by atoms with E-state index in [1.54, 1.807) is 6.07 Å². The fourth-order valence-electron chi connectivity index (χ4n) is 3.59. The number of halogens is 1. The summed E-state index contributed by atoms with van der Waals surface area (Å²) in [7, 11) is 0. The molecule has 2 aromatic heterocycles. The number of hydrogen-bond acceptors (Lipinski definition) is 6. The standard InChI is InChI=1S/C19H22BrN5O.CH2O2/c1-2-24-9-3-5-14(12-24)21-19-23-22-18(16-6-4-10-25(16)19)15-8-7-13(20)11-17(15)26;2-1-3/h4,6-8,10-11,14,26H,2-3,5,9,12H2,1H3,(H,21,23);1H,(H,2,3)/t14-;/m1./s1. The Morgan fingerprint density at radius 1 is 1.34 bits per heavy atom. The van der Waals surface area contributed by atoms with E-state index in [-0.39, 0.29) is 12.2 Å². The van der Waals surface area contributed by atoms with Crippen LogP contribution in [0.5, 0.6) is 5.75 Å². The van der Waals surface area contributed by atoms with Crippen LogP contribution in [0.2, 0.25) is 0 Å². The number of phenols is 1. The van der Waals surface area contributed by atoms with Crippen LogP contribution in [0.3, 0.4) is 0 Å². The SMILES string of the molecule is CCN1CCC[C@@H](Nc2nnc(-c3ccc(Br)cc3O)c3cccn23)C1.O=CO. The molecular weight excluding hydrogens is 438 g/mol. The zero-order chi connectivity index (χ0) is 20.8. The van der Waals surface area contributed by atoms with Crippen LogP contribution in [0, 0.1) is 0 Å². The number of carbonyl (C=O) groups is 1. The van der Waals surface area contributed by atoms with Crippen molar-refractivity contribution >= 4 is 33.9 Å². The number of benzene rings is 1. The third-order valence-electron chi connectivity index (χ3n) is 4.97. The van der Waals surface area contributed by atoms with Gasteiger partial charge in [0.1, 0.15) is 11.4 Å². The van der Waals surface area contributed by atoms with E-state index in [2.05, 4.69) is 43.3 Å². The van der Waals surface area contributed by atoms with E-state index in [0.717, 1.165) is 35.4 Å². The summed E-state index contributed by atoms with van der Waals surface area (Å²) in [5.74, 6) is 0.927. The van der Waals surface area contributed by atoms with Crippen molar-refractivity contribution in [2.24, 2.45) is 0 Å². The van der Waals surface area contributed by atoms with E-state index in [9.17, 15) is 5.11 Å². The molecule has 8 nitrogen and oxygen atoms in total. The number of carboxylic acid groups (broad SMARTS) is 1. The number of hydrogen-bond donors (Lipinski definition) is 3. The lowest BCUT2D eigenvalue weighted by Gasteiger charge is -2.32. The fraction of sp³-hybridized carbons (Fsp3) is 0.350. The quantitative estimate of drug-likeness (QED) is 0.511. The highest BCUT2D eigenvalue weighted by molar-refractivity contribution is 9.10. The number of likely N-dealkylation sites (N-methyl/N-ethyl adjacent to an activating group) is 1. The monoisotopic (exact) mass is 461 g/mol. The molecule has 0 aliphatic carbocycles. The van der Waals surface area contributed by atoms with Crippen LogP contribution in [0.25, 0.3) is 16.8 Å². The predicted molar refractivity (Wildman–Crippen MR) is 115 cm³/mol. The molecule has 29 heavy (non-hydrogen) atoms. The highest BCUT2D eigenvalue weighted by Gasteiger charge is 2.21. The number of rotatable bonds is 4. The molecule has 3 aromatic rings. The number of likely N-dealkylation sites (tertiary alicyclic amines) is 1. The lowest BCUT2D eigenvalue weighted by molar-refractivity contribution is -0.122. The van der Waals surface area contributed by atoms with Crippen molar-refractivity contribution in [3.8, 4) is 17.0 Å². The molecule has 1 aromatic carbocycles. The maximum Gasteiger partial charge on any atom is 0.290 e. The molecular formula is C20H24BrN5O3. The second kappa shape index (κ2) is 9.71. The van der Waals surface area contributed by atoms with Crippen molar-refractivity contribution in [3.05, 3.63) is 41.0 Å². The molecule has 1 atom stereocenters. The average molecular weight is 462 g/mol. The van der Waals surface area contributed by atoms with Crippen LogP contribution in [-0.2, 0) is 4.79 Å². The third kappa shape index (κ3) is 4.86. The minimum Gasteiger partial charge on any atom is -0.507 e. The van der Waals surface area contributed by atoms with Crippen molar-refractivity contribution in [2.75, 3.05) is 25.0 Å². The number of nitrogens with zero attached hydrogens (tertiary/aromatic N) is 4. The first-order chi connectivity index (χ1) is 14.1. The summed E-state index contributed by atoms with van der Waals surface area (Å²) < 4.78 is 2.84. The summed E-state index contributed by atoms with van der Waals surface area (Å²) in [6.45, 7) is 5.22. The van der Waals surface area contributed by atoms with Gasteiger partial charge in [0.05, 0.1) is 5.52 Å². The third-order valence-corrected chi connectivity index (χ3v) is 5.46. The molecule has 0 spiro atoms. The van der Waals surface area contributed by atoms with Crippen molar-refractivity contribution < 1.29 is 15.0 Å². The van der Waals surface area contributed by atoms with Crippen LogP contribution in [0.15, 0.2) is 41.0 Å². The van der Waals surface area contributed by atoms with Gasteiger partial charge in [-0.3, -0.25) is 9.20 Å². The number of anilines is 1. The second-order valence-corrected chi connectivity index (χ2v) is 7.69. The largest absolute Gasteiger partial charge is 0.507 e. The summed E-state index contributed by atoms with van der Waals surface area (Å²) >= 11 is 3.37. The maximum absolute atomic E-state index is 10.3. The van der Waals surface area contributed by atoms with E-state index in [1.807, 2.05) is 34.9 Å². The second-order valence-electron chi connectivity index (χ2n) is 6.78. The Morgan fingerprint density at radius 2 is 2.14 bits per heavy atom. The average Bonchev–Trinajstić information content (AvgIpc) is 3.20. The summed E-state index contributed by atoms with van der Waals surface area (Å²) in [6.07, 6.45) is 4.31. The lowest BCUT2D eigenvalue weighted by atomic mass is 10.1. The summed E-state index contributed by atoms with van der Waals surface area (Å²) in [5.41, 5.74) is 2.26. The first kappa shape index (κ1) is 21.1. The van der Waals surface area contributed by atoms with Gasteiger partial charge in [0.15, 0.2) is 0 Å². The molecule has 0 bridgehead atoms. The lowest BCUT2D eigenvalue weighted by Crippen LogP contribution is -2.42. The first-order valence-electron chi connectivity index (χ1n) is 9.46. The molecule has 154 valence electrons. The zero-order valence-corrected chi connectivity index (χ0v) is 17.7. The van der Waals surface area contributed by atoms with Gasteiger partial charge < -0.3 is 20.4 Å². The van der Waals surface area contributed by atoms with E-state index in [1.165, 1.54) is 13.0 Å². The van der Waals surface area contributed by atoms with Gasteiger partial charge in [-0.15, -0.1) is 10.2 Å². The van der Waals surface area contributed by atoms with E-state index < -0.39 is 0 Å².